The van der Waals surface area contributed by atoms with Gasteiger partial charge in [-0.3, -0.25) is 14.9 Å². The van der Waals surface area contributed by atoms with Gasteiger partial charge in [-0.05, 0) is 61.3 Å². The predicted octanol–water partition coefficient (Wildman–Crippen LogP) is 7.14. The summed E-state index contributed by atoms with van der Waals surface area (Å²) in [5.41, 5.74) is 9.36. The molecule has 1 aromatic rings. The van der Waals surface area contributed by atoms with E-state index >= 15 is 0 Å². The van der Waals surface area contributed by atoms with Gasteiger partial charge in [-0.1, -0.05) is 67.6 Å². The van der Waals surface area contributed by atoms with Crippen LogP contribution >= 0.6 is 11.6 Å². The summed E-state index contributed by atoms with van der Waals surface area (Å²) in [7, 11) is 0. The van der Waals surface area contributed by atoms with Crippen LogP contribution in [0.5, 0.6) is 0 Å². The molecule has 4 N–H and O–H groups in total. The van der Waals surface area contributed by atoms with E-state index in [-0.39, 0.29) is 29.6 Å². The maximum Gasteiger partial charge on any atom is 0.268 e. The third-order valence-corrected chi connectivity index (χ3v) is 5.79. The quantitative estimate of drug-likeness (QED) is 0.0396. The van der Waals surface area contributed by atoms with Crippen LogP contribution in [0.15, 0.2) is 119 Å². The zero-order chi connectivity index (χ0) is 30.1. The highest BCUT2D eigenvalue weighted by molar-refractivity contribution is 6.30. The number of amidine groups is 1. The molecule has 0 fully saturated rings. The Morgan fingerprint density at radius 1 is 1.27 bits per heavy atom. The van der Waals surface area contributed by atoms with Gasteiger partial charge >= 0.3 is 0 Å². The van der Waals surface area contributed by atoms with Crippen molar-refractivity contribution < 1.29 is 14.8 Å². The molecule has 0 aliphatic rings. The number of carbonyl (C=O) groups excluding carboxylic acids is 1. The number of aliphatic hydroxyl groups excluding tert-OH is 1. The van der Waals surface area contributed by atoms with Crippen molar-refractivity contribution in [2.75, 3.05) is 0 Å². The van der Waals surface area contributed by atoms with E-state index in [0.29, 0.717) is 23.4 Å². The van der Waals surface area contributed by atoms with Crippen LogP contribution in [0.4, 0.5) is 0 Å². The number of aliphatic imine (C=N–C) groups is 1. The minimum absolute atomic E-state index is 0.0536. The standard InChI is InChI=1S/C31H37ClN4O4/c1-6-24(19-23(5)37)20-26(7-2)29(35-31(38)16-12-25-10-13-27(32)14-11-25)21-30(33)34-18-17-22(4)9-15-28(8-3)36(39)40/h7-18,20,29,37H,3,5-6,19,21H2,1-2,4H3,(H2,33,34)(H,35,38)/b16-12+,18-17+,22-9+,24-20-,26-7+,28-15+. The average molecular weight is 565 g/mol. The summed E-state index contributed by atoms with van der Waals surface area (Å²) in [5.74, 6) is -0.00557. The van der Waals surface area contributed by atoms with Crippen LogP contribution < -0.4 is 11.1 Å². The van der Waals surface area contributed by atoms with E-state index in [9.17, 15) is 20.0 Å². The fourth-order valence-corrected chi connectivity index (χ4v) is 3.49. The Labute approximate surface area is 241 Å². The summed E-state index contributed by atoms with van der Waals surface area (Å²) in [4.78, 5) is 27.5. The molecule has 0 saturated heterocycles. The fourth-order valence-electron chi connectivity index (χ4n) is 3.37. The summed E-state index contributed by atoms with van der Waals surface area (Å²) in [6, 6.07) is 6.58. The molecule has 0 spiro atoms. The van der Waals surface area contributed by atoms with Gasteiger partial charge in [0.1, 0.15) is 5.84 Å². The number of nitro groups is 1. The summed E-state index contributed by atoms with van der Waals surface area (Å²) < 4.78 is 0. The van der Waals surface area contributed by atoms with Crippen LogP contribution in [-0.2, 0) is 4.79 Å². The maximum absolute atomic E-state index is 12.8. The lowest BCUT2D eigenvalue weighted by Gasteiger charge is -2.20. The van der Waals surface area contributed by atoms with Crippen molar-refractivity contribution in [2.24, 2.45) is 10.7 Å². The monoisotopic (exact) mass is 564 g/mol. The van der Waals surface area contributed by atoms with Crippen LogP contribution in [0.1, 0.15) is 45.6 Å². The van der Waals surface area contributed by atoms with Crippen LogP contribution in [0.25, 0.3) is 6.08 Å². The van der Waals surface area contributed by atoms with Crippen molar-refractivity contribution in [3.05, 3.63) is 135 Å². The van der Waals surface area contributed by atoms with E-state index in [0.717, 1.165) is 22.8 Å². The van der Waals surface area contributed by atoms with E-state index < -0.39 is 11.0 Å². The highest BCUT2D eigenvalue weighted by atomic mass is 35.5. The van der Waals surface area contributed by atoms with E-state index in [4.69, 9.17) is 17.3 Å². The number of rotatable bonds is 15. The molecule has 1 unspecified atom stereocenters. The lowest BCUT2D eigenvalue weighted by atomic mass is 9.97. The normalized spacial score (nSPS) is 14.4. The molecule has 0 aliphatic heterocycles. The number of nitrogens with zero attached hydrogens (tertiary/aromatic N) is 2. The molecule has 1 aromatic carbocycles. The minimum atomic E-state index is -0.524. The lowest BCUT2D eigenvalue weighted by molar-refractivity contribution is -0.418. The molecule has 1 atom stereocenters. The van der Waals surface area contributed by atoms with Crippen molar-refractivity contribution in [2.45, 2.75) is 46.1 Å². The third-order valence-electron chi connectivity index (χ3n) is 5.53. The van der Waals surface area contributed by atoms with Gasteiger partial charge in [-0.25, -0.2) is 4.99 Å². The number of allylic oxidation sites excluding steroid dienone is 7. The molecular weight excluding hydrogens is 528 g/mol. The summed E-state index contributed by atoms with van der Waals surface area (Å²) in [6.07, 6.45) is 15.4. The van der Waals surface area contributed by atoms with Crippen LogP contribution in [0.3, 0.4) is 0 Å². The van der Waals surface area contributed by atoms with Gasteiger partial charge in [0.15, 0.2) is 0 Å². The second-order valence-electron chi connectivity index (χ2n) is 8.74. The third kappa shape index (κ3) is 13.4. The van der Waals surface area contributed by atoms with Gasteiger partial charge in [0.2, 0.25) is 5.91 Å². The number of aliphatic hydroxyl groups is 1. The summed E-state index contributed by atoms with van der Waals surface area (Å²) in [5, 5.41) is 24.2. The van der Waals surface area contributed by atoms with Crippen LogP contribution in [0.2, 0.25) is 5.02 Å². The average Bonchev–Trinajstić information content (AvgIpc) is 2.90. The number of amides is 1. The molecule has 1 rings (SSSR count). The van der Waals surface area contributed by atoms with E-state index in [1.807, 2.05) is 26.0 Å². The molecule has 0 radical (unpaired) electrons. The van der Waals surface area contributed by atoms with E-state index in [1.165, 1.54) is 18.4 Å². The van der Waals surface area contributed by atoms with Gasteiger partial charge in [-0.15, -0.1) is 0 Å². The molecule has 0 bridgehead atoms. The number of hydrogen-bond acceptors (Lipinski definition) is 5. The van der Waals surface area contributed by atoms with Gasteiger partial charge in [0, 0.05) is 42.3 Å². The Morgan fingerprint density at radius 3 is 2.50 bits per heavy atom. The topological polar surface area (TPSA) is 131 Å². The zero-order valence-corrected chi connectivity index (χ0v) is 23.9. The predicted molar refractivity (Wildman–Crippen MR) is 165 cm³/mol. The Balaban J connectivity index is 3.20. The maximum atomic E-state index is 12.8. The summed E-state index contributed by atoms with van der Waals surface area (Å²) in [6.45, 7) is 12.6. The van der Waals surface area contributed by atoms with Crippen molar-refractivity contribution >= 4 is 29.4 Å². The molecule has 0 aliphatic carbocycles. The molecule has 0 saturated carbocycles. The largest absolute Gasteiger partial charge is 0.513 e. The van der Waals surface area contributed by atoms with Crippen molar-refractivity contribution in [3.63, 3.8) is 0 Å². The highest BCUT2D eigenvalue weighted by Crippen LogP contribution is 2.18. The Hall–Kier alpha value is -4.43. The van der Waals surface area contributed by atoms with Gasteiger partial charge < -0.3 is 16.2 Å². The first-order valence-corrected chi connectivity index (χ1v) is 13.0. The first-order valence-electron chi connectivity index (χ1n) is 12.6. The SMILES string of the molecule is C=C\C(=C/C=C(C)/C=C/N=C(N)CC(NC(=O)/C=C/c1ccc(Cl)cc1)C(/C=C(/CC)CC(=C)O)=C/C)[N+](=O)[O-]. The van der Waals surface area contributed by atoms with Crippen LogP contribution in [0, 0.1) is 10.1 Å². The molecule has 0 heterocycles. The Bertz CT molecular complexity index is 1280. The van der Waals surface area contributed by atoms with Crippen LogP contribution in [-0.4, -0.2) is 27.8 Å². The van der Waals surface area contributed by atoms with Crippen molar-refractivity contribution in [3.8, 4) is 0 Å². The van der Waals surface area contributed by atoms with Gasteiger partial charge in [0.25, 0.3) is 5.70 Å². The van der Waals surface area contributed by atoms with E-state index in [1.54, 1.807) is 49.4 Å². The fraction of sp³-hybridized carbons (Fsp3) is 0.226. The molecule has 212 valence electrons. The number of halogens is 1. The first kappa shape index (κ1) is 33.6. The number of hydrogen-bond donors (Lipinski definition) is 3. The van der Waals surface area contributed by atoms with Gasteiger partial charge in [-0.2, -0.15) is 0 Å². The molecule has 40 heavy (non-hydrogen) atoms. The summed E-state index contributed by atoms with van der Waals surface area (Å²) >= 11 is 5.93. The molecule has 9 heteroatoms. The second kappa shape index (κ2) is 18.0. The first-order chi connectivity index (χ1) is 19.0. The smallest absolute Gasteiger partial charge is 0.268 e. The number of benzene rings is 1. The Kier molecular flexibility index (Phi) is 15.1. The minimum Gasteiger partial charge on any atom is -0.513 e. The second-order valence-corrected chi connectivity index (χ2v) is 9.17. The van der Waals surface area contributed by atoms with Crippen molar-refractivity contribution in [1.29, 1.82) is 0 Å². The molecule has 8 nitrogen and oxygen atoms in total. The Morgan fingerprint density at radius 2 is 1.95 bits per heavy atom. The molecular formula is C31H37ClN4O4. The van der Waals surface area contributed by atoms with Gasteiger partial charge in [0.05, 0.1) is 16.7 Å². The number of nitrogens with two attached hydrogens (primary N) is 1. The lowest BCUT2D eigenvalue weighted by Crippen LogP contribution is -2.38. The number of carbonyl (C=O) groups is 1. The molecule has 0 aromatic heterocycles. The zero-order valence-electron chi connectivity index (χ0n) is 23.1. The molecule has 1 amide bonds. The van der Waals surface area contributed by atoms with Crippen molar-refractivity contribution in [1.82, 2.24) is 5.32 Å². The highest BCUT2D eigenvalue weighted by Gasteiger charge is 2.17. The number of nitrogens with one attached hydrogen (secondary N) is 1. The van der Waals surface area contributed by atoms with E-state index in [2.05, 4.69) is 23.5 Å².